The van der Waals surface area contributed by atoms with E-state index >= 15 is 0 Å². The van der Waals surface area contributed by atoms with Crippen LogP contribution in [0.3, 0.4) is 0 Å². The molecule has 1 N–H and O–H groups in total. The predicted octanol–water partition coefficient (Wildman–Crippen LogP) is 4.63. The number of carbonyl (C=O) groups is 1. The first kappa shape index (κ1) is 18.5. The molecule has 0 fully saturated rings. The SMILES string of the molecule is CCOc1ccccc1NC(=O)CSc1nnc(-c2ccccc2Br)o1. The van der Waals surface area contributed by atoms with Gasteiger partial charge in [-0.2, -0.15) is 0 Å². The first-order chi connectivity index (χ1) is 12.7. The highest BCUT2D eigenvalue weighted by molar-refractivity contribution is 9.10. The molecule has 0 aliphatic heterocycles. The van der Waals surface area contributed by atoms with Crippen molar-refractivity contribution in [2.75, 3.05) is 17.7 Å². The minimum Gasteiger partial charge on any atom is -0.492 e. The van der Waals surface area contributed by atoms with E-state index in [2.05, 4.69) is 31.4 Å². The number of halogens is 1. The van der Waals surface area contributed by atoms with E-state index in [1.54, 1.807) is 6.07 Å². The molecule has 134 valence electrons. The van der Waals surface area contributed by atoms with Gasteiger partial charge in [0.1, 0.15) is 5.75 Å². The summed E-state index contributed by atoms with van der Waals surface area (Å²) >= 11 is 4.63. The zero-order chi connectivity index (χ0) is 18.4. The molecule has 3 aromatic rings. The van der Waals surface area contributed by atoms with Crippen LogP contribution in [0.25, 0.3) is 11.5 Å². The first-order valence-electron chi connectivity index (χ1n) is 7.90. The van der Waals surface area contributed by atoms with E-state index in [4.69, 9.17) is 9.15 Å². The minimum atomic E-state index is -0.178. The van der Waals surface area contributed by atoms with Gasteiger partial charge in [0.25, 0.3) is 5.22 Å². The summed E-state index contributed by atoms with van der Waals surface area (Å²) in [6, 6.07) is 14.9. The minimum absolute atomic E-state index is 0.151. The molecular formula is C18H16BrN3O3S. The number of ether oxygens (including phenoxy) is 1. The number of amides is 1. The Balaban J connectivity index is 1.60. The lowest BCUT2D eigenvalue weighted by Crippen LogP contribution is -2.14. The third-order valence-electron chi connectivity index (χ3n) is 3.30. The third-order valence-corrected chi connectivity index (χ3v) is 4.81. The monoisotopic (exact) mass is 433 g/mol. The number of hydrogen-bond donors (Lipinski definition) is 1. The van der Waals surface area contributed by atoms with Crippen molar-refractivity contribution in [1.82, 2.24) is 10.2 Å². The highest BCUT2D eigenvalue weighted by Gasteiger charge is 2.14. The van der Waals surface area contributed by atoms with Crippen molar-refractivity contribution in [3.63, 3.8) is 0 Å². The predicted molar refractivity (Wildman–Crippen MR) is 104 cm³/mol. The number of aromatic nitrogens is 2. The van der Waals surface area contributed by atoms with Gasteiger partial charge in [0.05, 0.1) is 23.6 Å². The Morgan fingerprint density at radius 2 is 1.96 bits per heavy atom. The molecule has 0 spiro atoms. The van der Waals surface area contributed by atoms with Gasteiger partial charge in [-0.3, -0.25) is 4.79 Å². The molecule has 1 amide bonds. The van der Waals surface area contributed by atoms with Crippen molar-refractivity contribution < 1.29 is 13.9 Å². The largest absolute Gasteiger partial charge is 0.492 e. The maximum Gasteiger partial charge on any atom is 0.277 e. The summed E-state index contributed by atoms with van der Waals surface area (Å²) in [5.41, 5.74) is 1.45. The van der Waals surface area contributed by atoms with E-state index < -0.39 is 0 Å². The Bertz CT molecular complexity index is 901. The van der Waals surface area contributed by atoms with E-state index in [-0.39, 0.29) is 11.7 Å². The molecule has 0 unspecified atom stereocenters. The Labute approximate surface area is 163 Å². The second-order valence-electron chi connectivity index (χ2n) is 5.12. The average Bonchev–Trinajstić information content (AvgIpc) is 3.11. The summed E-state index contributed by atoms with van der Waals surface area (Å²) in [6.45, 7) is 2.42. The fourth-order valence-corrected chi connectivity index (χ4v) is 3.19. The molecule has 1 heterocycles. The van der Waals surface area contributed by atoms with Crippen LogP contribution in [-0.2, 0) is 4.79 Å². The van der Waals surface area contributed by atoms with Crippen molar-refractivity contribution in [1.29, 1.82) is 0 Å². The quantitative estimate of drug-likeness (QED) is 0.547. The summed E-state index contributed by atoms with van der Waals surface area (Å²) in [7, 11) is 0. The zero-order valence-corrected chi connectivity index (χ0v) is 16.3. The van der Waals surface area contributed by atoms with Crippen LogP contribution in [0.15, 0.2) is 62.6 Å². The number of thioether (sulfide) groups is 1. The van der Waals surface area contributed by atoms with Crippen LogP contribution in [0.1, 0.15) is 6.92 Å². The number of nitrogens with one attached hydrogen (secondary N) is 1. The number of carbonyl (C=O) groups excluding carboxylic acids is 1. The molecule has 0 saturated carbocycles. The van der Waals surface area contributed by atoms with Gasteiger partial charge in [-0.25, -0.2) is 0 Å². The average molecular weight is 434 g/mol. The number of rotatable bonds is 7. The van der Waals surface area contributed by atoms with Gasteiger partial charge in [0, 0.05) is 4.47 Å². The maximum absolute atomic E-state index is 12.2. The van der Waals surface area contributed by atoms with Gasteiger partial charge in [0.15, 0.2) is 0 Å². The van der Waals surface area contributed by atoms with Crippen LogP contribution < -0.4 is 10.1 Å². The van der Waals surface area contributed by atoms with Gasteiger partial charge < -0.3 is 14.5 Å². The van der Waals surface area contributed by atoms with E-state index in [0.29, 0.717) is 29.2 Å². The van der Waals surface area contributed by atoms with Crippen LogP contribution in [0.2, 0.25) is 0 Å². The van der Waals surface area contributed by atoms with Crippen LogP contribution in [0.4, 0.5) is 5.69 Å². The number of anilines is 1. The van der Waals surface area contributed by atoms with Gasteiger partial charge in [0.2, 0.25) is 11.8 Å². The lowest BCUT2D eigenvalue weighted by Gasteiger charge is -2.10. The number of benzene rings is 2. The van der Waals surface area contributed by atoms with E-state index in [1.165, 1.54) is 11.8 Å². The van der Waals surface area contributed by atoms with Crippen molar-refractivity contribution in [3.8, 4) is 17.2 Å². The lowest BCUT2D eigenvalue weighted by molar-refractivity contribution is -0.113. The normalized spacial score (nSPS) is 10.5. The molecule has 8 heteroatoms. The van der Waals surface area contributed by atoms with Gasteiger partial charge in [-0.15, -0.1) is 10.2 Å². The van der Waals surface area contributed by atoms with Crippen molar-refractivity contribution in [2.45, 2.75) is 12.1 Å². The van der Waals surface area contributed by atoms with Crippen LogP contribution in [0.5, 0.6) is 5.75 Å². The van der Waals surface area contributed by atoms with Gasteiger partial charge >= 0.3 is 0 Å². The second kappa shape index (κ2) is 8.86. The third kappa shape index (κ3) is 4.64. The lowest BCUT2D eigenvalue weighted by atomic mass is 10.2. The summed E-state index contributed by atoms with van der Waals surface area (Å²) in [5, 5.41) is 11.2. The molecule has 0 atom stereocenters. The first-order valence-corrected chi connectivity index (χ1v) is 9.68. The Morgan fingerprint density at radius 3 is 2.77 bits per heavy atom. The highest BCUT2D eigenvalue weighted by atomic mass is 79.9. The molecular weight excluding hydrogens is 418 g/mol. The Hall–Kier alpha value is -2.32. The summed E-state index contributed by atoms with van der Waals surface area (Å²) in [4.78, 5) is 12.2. The smallest absolute Gasteiger partial charge is 0.277 e. The van der Waals surface area contributed by atoms with E-state index in [1.807, 2.05) is 49.4 Å². The van der Waals surface area contributed by atoms with Crippen LogP contribution in [-0.4, -0.2) is 28.5 Å². The maximum atomic E-state index is 12.2. The molecule has 0 bridgehead atoms. The molecule has 26 heavy (non-hydrogen) atoms. The standard InChI is InChI=1S/C18H16BrN3O3S/c1-2-24-15-10-6-5-9-14(15)20-16(23)11-26-18-22-21-17(25-18)12-7-3-4-8-13(12)19/h3-10H,2,11H2,1H3,(H,20,23). The fourth-order valence-electron chi connectivity index (χ4n) is 2.18. The topological polar surface area (TPSA) is 77.2 Å². The number of para-hydroxylation sites is 2. The Morgan fingerprint density at radius 1 is 1.19 bits per heavy atom. The van der Waals surface area contributed by atoms with Crippen molar-refractivity contribution >= 4 is 39.3 Å². The molecule has 0 aliphatic carbocycles. The molecule has 3 rings (SSSR count). The van der Waals surface area contributed by atoms with Crippen molar-refractivity contribution in [2.24, 2.45) is 0 Å². The van der Waals surface area contributed by atoms with Crippen LogP contribution >= 0.6 is 27.7 Å². The molecule has 0 radical (unpaired) electrons. The summed E-state index contributed by atoms with van der Waals surface area (Å²) < 4.78 is 12.0. The molecule has 2 aromatic carbocycles. The summed E-state index contributed by atoms with van der Waals surface area (Å²) in [5.74, 6) is 1.02. The van der Waals surface area contributed by atoms with Gasteiger partial charge in [-0.1, -0.05) is 36.0 Å². The van der Waals surface area contributed by atoms with E-state index in [9.17, 15) is 4.79 Å². The fraction of sp³-hybridized carbons (Fsp3) is 0.167. The molecule has 0 aliphatic rings. The van der Waals surface area contributed by atoms with Crippen LogP contribution in [0, 0.1) is 0 Å². The van der Waals surface area contributed by atoms with Crippen molar-refractivity contribution in [3.05, 3.63) is 53.0 Å². The molecule has 1 aromatic heterocycles. The number of nitrogens with zero attached hydrogens (tertiary/aromatic N) is 2. The summed E-state index contributed by atoms with van der Waals surface area (Å²) in [6.07, 6.45) is 0. The second-order valence-corrected chi connectivity index (χ2v) is 6.90. The molecule has 0 saturated heterocycles. The molecule has 6 nitrogen and oxygen atoms in total. The Kier molecular flexibility index (Phi) is 6.30. The zero-order valence-electron chi connectivity index (χ0n) is 13.9. The number of hydrogen-bond acceptors (Lipinski definition) is 6. The highest BCUT2D eigenvalue weighted by Crippen LogP contribution is 2.29. The van der Waals surface area contributed by atoms with E-state index in [0.717, 1.165) is 10.0 Å². The van der Waals surface area contributed by atoms with Gasteiger partial charge in [-0.05, 0) is 47.1 Å².